The van der Waals surface area contributed by atoms with Gasteiger partial charge in [0.05, 0.1) is 10.7 Å². The molecule has 0 aromatic heterocycles. The molecule has 0 aliphatic carbocycles. The molecule has 2 N–H and O–H groups in total. The van der Waals surface area contributed by atoms with Crippen molar-refractivity contribution in [2.75, 3.05) is 6.61 Å². The van der Waals surface area contributed by atoms with Crippen LogP contribution in [0.1, 0.15) is 5.56 Å². The van der Waals surface area contributed by atoms with Crippen LogP contribution in [0.4, 0.5) is 0 Å². The maximum Gasteiger partial charge on any atom is 0.277 e. The van der Waals surface area contributed by atoms with E-state index in [1.54, 1.807) is 18.2 Å². The number of hydrazone groups is 1. The van der Waals surface area contributed by atoms with Crippen LogP contribution in [0, 0.1) is 0 Å². The molecule has 1 amide bonds. The largest absolute Gasteiger partial charge is 0.508 e. The van der Waals surface area contributed by atoms with Gasteiger partial charge in [0, 0.05) is 4.47 Å². The summed E-state index contributed by atoms with van der Waals surface area (Å²) in [6, 6.07) is 11.8. The van der Waals surface area contributed by atoms with E-state index >= 15 is 0 Å². The van der Waals surface area contributed by atoms with E-state index in [-0.39, 0.29) is 18.3 Å². The molecule has 0 aliphatic heterocycles. The summed E-state index contributed by atoms with van der Waals surface area (Å²) in [5.74, 6) is 0.375. The SMILES string of the molecule is O=C(COc1ccc(Br)cc1Br)N/N=C/c1ccc(O)cc1. The third-order valence-electron chi connectivity index (χ3n) is 2.55. The molecular weight excluding hydrogens is 416 g/mol. The lowest BCUT2D eigenvalue weighted by Crippen LogP contribution is -2.24. The van der Waals surface area contributed by atoms with Gasteiger partial charge in [-0.3, -0.25) is 4.79 Å². The zero-order chi connectivity index (χ0) is 15.9. The fourth-order valence-corrected chi connectivity index (χ4v) is 2.67. The van der Waals surface area contributed by atoms with Crippen molar-refractivity contribution in [2.45, 2.75) is 0 Å². The highest BCUT2D eigenvalue weighted by atomic mass is 79.9. The fraction of sp³-hybridized carbons (Fsp3) is 0.0667. The maximum atomic E-state index is 11.6. The smallest absolute Gasteiger partial charge is 0.277 e. The van der Waals surface area contributed by atoms with Crippen LogP contribution in [-0.4, -0.2) is 23.8 Å². The minimum atomic E-state index is -0.371. The number of benzene rings is 2. The van der Waals surface area contributed by atoms with E-state index in [2.05, 4.69) is 42.4 Å². The molecule has 0 heterocycles. The van der Waals surface area contributed by atoms with Crippen LogP contribution in [0.15, 0.2) is 56.5 Å². The topological polar surface area (TPSA) is 70.9 Å². The Morgan fingerprint density at radius 1 is 1.23 bits per heavy atom. The number of hydrogen-bond acceptors (Lipinski definition) is 4. The van der Waals surface area contributed by atoms with Gasteiger partial charge in [-0.05, 0) is 64.0 Å². The normalized spacial score (nSPS) is 10.6. The summed E-state index contributed by atoms with van der Waals surface area (Å²) in [5.41, 5.74) is 3.12. The third-order valence-corrected chi connectivity index (χ3v) is 3.66. The molecule has 2 rings (SSSR count). The van der Waals surface area contributed by atoms with Crippen molar-refractivity contribution < 1.29 is 14.6 Å². The second kappa shape index (κ2) is 7.95. The molecule has 0 spiro atoms. The first-order chi connectivity index (χ1) is 10.5. The number of phenolic OH excluding ortho intramolecular Hbond substituents is 1. The molecule has 22 heavy (non-hydrogen) atoms. The van der Waals surface area contributed by atoms with Crippen LogP contribution in [-0.2, 0) is 4.79 Å². The van der Waals surface area contributed by atoms with Crippen molar-refractivity contribution in [2.24, 2.45) is 5.10 Å². The van der Waals surface area contributed by atoms with Crippen LogP contribution in [0.2, 0.25) is 0 Å². The Morgan fingerprint density at radius 3 is 2.64 bits per heavy atom. The van der Waals surface area contributed by atoms with E-state index in [9.17, 15) is 4.79 Å². The fourth-order valence-electron chi connectivity index (χ4n) is 1.51. The lowest BCUT2D eigenvalue weighted by atomic mass is 10.2. The Morgan fingerprint density at radius 2 is 1.95 bits per heavy atom. The van der Waals surface area contributed by atoms with Crippen molar-refractivity contribution in [1.29, 1.82) is 0 Å². The molecule has 0 atom stereocenters. The monoisotopic (exact) mass is 426 g/mol. The minimum Gasteiger partial charge on any atom is -0.508 e. The highest BCUT2D eigenvalue weighted by Gasteiger charge is 2.05. The van der Waals surface area contributed by atoms with Crippen molar-refractivity contribution in [3.05, 3.63) is 57.0 Å². The minimum absolute atomic E-state index is 0.146. The number of carbonyl (C=O) groups excluding carboxylic acids is 1. The van der Waals surface area contributed by atoms with Gasteiger partial charge < -0.3 is 9.84 Å². The van der Waals surface area contributed by atoms with E-state index in [1.807, 2.05) is 12.1 Å². The zero-order valence-corrected chi connectivity index (χ0v) is 14.5. The van der Waals surface area contributed by atoms with Crippen molar-refractivity contribution in [3.63, 3.8) is 0 Å². The number of rotatable bonds is 5. The highest BCUT2D eigenvalue weighted by molar-refractivity contribution is 9.11. The summed E-state index contributed by atoms with van der Waals surface area (Å²) in [4.78, 5) is 11.6. The second-order valence-corrected chi connectivity index (χ2v) is 6.02. The van der Waals surface area contributed by atoms with Gasteiger partial charge in [0.15, 0.2) is 6.61 Å². The molecule has 0 saturated heterocycles. The number of phenols is 1. The number of hydrogen-bond donors (Lipinski definition) is 2. The molecule has 0 saturated carbocycles. The van der Waals surface area contributed by atoms with Gasteiger partial charge in [-0.25, -0.2) is 5.43 Å². The highest BCUT2D eigenvalue weighted by Crippen LogP contribution is 2.27. The van der Waals surface area contributed by atoms with Crippen molar-refractivity contribution in [1.82, 2.24) is 5.43 Å². The molecule has 0 fully saturated rings. The summed E-state index contributed by atoms with van der Waals surface area (Å²) in [7, 11) is 0. The molecule has 2 aromatic rings. The van der Waals surface area contributed by atoms with Crippen molar-refractivity contribution >= 4 is 44.0 Å². The summed E-state index contributed by atoms with van der Waals surface area (Å²) in [6.07, 6.45) is 1.48. The first-order valence-corrected chi connectivity index (χ1v) is 7.82. The Kier molecular flexibility index (Phi) is 5.97. The zero-order valence-electron chi connectivity index (χ0n) is 11.3. The Bertz CT molecular complexity index is 688. The molecule has 2 aromatic carbocycles. The van der Waals surface area contributed by atoms with Gasteiger partial charge in [-0.15, -0.1) is 0 Å². The lowest BCUT2D eigenvalue weighted by molar-refractivity contribution is -0.123. The predicted molar refractivity (Wildman–Crippen MR) is 91.2 cm³/mol. The number of amides is 1. The number of nitrogens with one attached hydrogen (secondary N) is 1. The number of ether oxygens (including phenoxy) is 1. The second-order valence-electron chi connectivity index (χ2n) is 4.25. The Hall–Kier alpha value is -1.86. The van der Waals surface area contributed by atoms with Crippen LogP contribution in [0.25, 0.3) is 0 Å². The van der Waals surface area contributed by atoms with E-state index in [0.717, 1.165) is 14.5 Å². The maximum absolute atomic E-state index is 11.6. The van der Waals surface area contributed by atoms with Gasteiger partial charge in [-0.1, -0.05) is 15.9 Å². The number of halogens is 2. The van der Waals surface area contributed by atoms with E-state index in [1.165, 1.54) is 18.3 Å². The quantitative estimate of drug-likeness (QED) is 0.567. The van der Waals surface area contributed by atoms with E-state index in [4.69, 9.17) is 9.84 Å². The molecular formula is C15H12Br2N2O3. The number of nitrogens with zero attached hydrogens (tertiary/aromatic N) is 1. The van der Waals surface area contributed by atoms with E-state index in [0.29, 0.717) is 5.75 Å². The molecule has 5 nitrogen and oxygen atoms in total. The van der Waals surface area contributed by atoms with Crippen LogP contribution in [0.5, 0.6) is 11.5 Å². The van der Waals surface area contributed by atoms with Crippen LogP contribution in [0.3, 0.4) is 0 Å². The van der Waals surface area contributed by atoms with Gasteiger partial charge >= 0.3 is 0 Å². The Labute approximate surface area is 144 Å². The average molecular weight is 428 g/mol. The molecule has 114 valence electrons. The molecule has 0 radical (unpaired) electrons. The first-order valence-electron chi connectivity index (χ1n) is 6.23. The summed E-state index contributed by atoms with van der Waals surface area (Å²) < 4.78 is 7.05. The lowest BCUT2D eigenvalue weighted by Gasteiger charge is -2.07. The predicted octanol–water partition coefficient (Wildman–Crippen LogP) is 3.45. The average Bonchev–Trinajstić information content (AvgIpc) is 2.48. The molecule has 7 heteroatoms. The number of carbonyl (C=O) groups is 1. The van der Waals surface area contributed by atoms with Crippen molar-refractivity contribution in [3.8, 4) is 11.5 Å². The van der Waals surface area contributed by atoms with Gasteiger partial charge in [0.1, 0.15) is 11.5 Å². The molecule has 0 aliphatic rings. The third kappa shape index (κ3) is 5.16. The summed E-state index contributed by atoms with van der Waals surface area (Å²) in [6.45, 7) is -0.146. The standard InChI is InChI=1S/C15H12Br2N2O3/c16-11-3-6-14(13(17)7-11)22-9-15(21)19-18-8-10-1-4-12(20)5-2-10/h1-8,20H,9H2,(H,19,21)/b18-8+. The van der Waals surface area contributed by atoms with Gasteiger partial charge in [0.25, 0.3) is 5.91 Å². The van der Waals surface area contributed by atoms with Crippen LogP contribution < -0.4 is 10.2 Å². The first kappa shape index (κ1) is 16.5. The number of aromatic hydroxyl groups is 1. The van der Waals surface area contributed by atoms with Gasteiger partial charge in [-0.2, -0.15) is 5.10 Å². The Balaban J connectivity index is 1.81. The van der Waals surface area contributed by atoms with E-state index < -0.39 is 0 Å². The summed E-state index contributed by atoms with van der Waals surface area (Å²) in [5, 5.41) is 13.0. The summed E-state index contributed by atoms with van der Waals surface area (Å²) >= 11 is 6.69. The van der Waals surface area contributed by atoms with Crippen LogP contribution >= 0.6 is 31.9 Å². The molecule has 0 unspecified atom stereocenters. The molecule has 0 bridgehead atoms. The van der Waals surface area contributed by atoms with Gasteiger partial charge in [0.2, 0.25) is 0 Å².